The molecule has 1 saturated heterocycles. The lowest BCUT2D eigenvalue weighted by Gasteiger charge is -2.22. The first-order chi connectivity index (χ1) is 15.3. The molecule has 1 atom stereocenters. The maximum absolute atomic E-state index is 14.5. The van der Waals surface area contributed by atoms with Gasteiger partial charge in [0.05, 0.1) is 23.9 Å². The molecule has 32 heavy (non-hydrogen) atoms. The number of nitrogens with two attached hydrogens (primary N) is 1. The molecular formula is C23H21F2N5O2. The SMILES string of the molecule is COc1ccc(-c2c(-c3ccc(C#N)c(F)c3)nc(N3CCC(N)C3)n(C)c2=O)cc1F. The third-order valence-electron chi connectivity index (χ3n) is 5.58. The molecule has 1 unspecified atom stereocenters. The smallest absolute Gasteiger partial charge is 0.263 e. The van der Waals surface area contributed by atoms with Gasteiger partial charge in [-0.25, -0.2) is 13.8 Å². The average Bonchev–Trinajstić information content (AvgIpc) is 3.21. The molecule has 9 heteroatoms. The first-order valence-electron chi connectivity index (χ1n) is 9.99. The number of aromatic nitrogens is 2. The highest BCUT2D eigenvalue weighted by molar-refractivity contribution is 5.81. The molecule has 2 aromatic carbocycles. The van der Waals surface area contributed by atoms with Crippen LogP contribution in [-0.4, -0.2) is 35.8 Å². The third kappa shape index (κ3) is 3.69. The van der Waals surface area contributed by atoms with E-state index in [1.54, 1.807) is 19.2 Å². The number of hydrogen-bond donors (Lipinski definition) is 1. The van der Waals surface area contributed by atoms with Crippen LogP contribution in [0.25, 0.3) is 22.4 Å². The third-order valence-corrected chi connectivity index (χ3v) is 5.58. The molecule has 0 spiro atoms. The minimum absolute atomic E-state index is 0.0344. The Hall–Kier alpha value is -3.77. The van der Waals surface area contributed by atoms with Crippen molar-refractivity contribution >= 4 is 5.95 Å². The normalized spacial score (nSPS) is 15.6. The Labute approximate surface area is 183 Å². The zero-order chi connectivity index (χ0) is 23.0. The van der Waals surface area contributed by atoms with Gasteiger partial charge in [-0.1, -0.05) is 12.1 Å². The molecule has 1 aromatic heterocycles. The summed E-state index contributed by atoms with van der Waals surface area (Å²) >= 11 is 0. The highest BCUT2D eigenvalue weighted by Gasteiger charge is 2.26. The van der Waals surface area contributed by atoms with E-state index in [9.17, 15) is 13.6 Å². The zero-order valence-electron chi connectivity index (χ0n) is 17.6. The van der Waals surface area contributed by atoms with Crippen molar-refractivity contribution in [2.24, 2.45) is 12.8 Å². The van der Waals surface area contributed by atoms with Gasteiger partial charge in [-0.2, -0.15) is 5.26 Å². The van der Waals surface area contributed by atoms with Crippen molar-refractivity contribution in [2.45, 2.75) is 12.5 Å². The zero-order valence-corrected chi connectivity index (χ0v) is 17.6. The molecule has 164 valence electrons. The predicted molar refractivity (Wildman–Crippen MR) is 116 cm³/mol. The minimum atomic E-state index is -0.732. The van der Waals surface area contributed by atoms with E-state index in [2.05, 4.69) is 0 Å². The van der Waals surface area contributed by atoms with E-state index in [1.807, 2.05) is 4.90 Å². The molecule has 7 nitrogen and oxygen atoms in total. The Kier molecular flexibility index (Phi) is 5.63. The van der Waals surface area contributed by atoms with Gasteiger partial charge in [-0.15, -0.1) is 0 Å². The van der Waals surface area contributed by atoms with Crippen LogP contribution >= 0.6 is 0 Å². The van der Waals surface area contributed by atoms with Gasteiger partial charge in [0.1, 0.15) is 11.9 Å². The summed E-state index contributed by atoms with van der Waals surface area (Å²) in [7, 11) is 2.93. The van der Waals surface area contributed by atoms with Crippen molar-refractivity contribution in [2.75, 3.05) is 25.1 Å². The molecule has 1 aliphatic heterocycles. The second kappa shape index (κ2) is 8.40. The number of halogens is 2. The number of anilines is 1. The van der Waals surface area contributed by atoms with E-state index in [1.165, 1.54) is 35.9 Å². The topological polar surface area (TPSA) is 97.2 Å². The minimum Gasteiger partial charge on any atom is -0.494 e. The Morgan fingerprint density at radius 1 is 1.19 bits per heavy atom. The second-order valence-electron chi connectivity index (χ2n) is 7.65. The molecule has 0 amide bonds. The molecule has 0 aliphatic carbocycles. The van der Waals surface area contributed by atoms with E-state index in [0.29, 0.717) is 24.6 Å². The van der Waals surface area contributed by atoms with Crippen LogP contribution in [-0.2, 0) is 7.05 Å². The van der Waals surface area contributed by atoms with Crippen LogP contribution in [0.3, 0.4) is 0 Å². The number of ether oxygens (including phenoxy) is 1. The Morgan fingerprint density at radius 2 is 1.91 bits per heavy atom. The first kappa shape index (κ1) is 21.5. The highest BCUT2D eigenvalue weighted by Crippen LogP contribution is 2.33. The quantitative estimate of drug-likeness (QED) is 0.674. The van der Waals surface area contributed by atoms with Gasteiger partial charge < -0.3 is 15.4 Å². The van der Waals surface area contributed by atoms with Crippen LogP contribution in [0, 0.1) is 23.0 Å². The van der Waals surface area contributed by atoms with Crippen LogP contribution in [0.1, 0.15) is 12.0 Å². The predicted octanol–water partition coefficient (Wildman–Crippen LogP) is 2.81. The van der Waals surface area contributed by atoms with Crippen molar-refractivity contribution in [3.8, 4) is 34.2 Å². The van der Waals surface area contributed by atoms with Crippen LogP contribution in [0.5, 0.6) is 5.75 Å². The molecule has 1 fully saturated rings. The van der Waals surface area contributed by atoms with Gasteiger partial charge in [0.2, 0.25) is 5.95 Å². The summed E-state index contributed by atoms with van der Waals surface area (Å²) in [6.45, 7) is 1.15. The van der Waals surface area contributed by atoms with Crippen LogP contribution in [0.15, 0.2) is 41.2 Å². The van der Waals surface area contributed by atoms with Gasteiger partial charge >= 0.3 is 0 Å². The summed E-state index contributed by atoms with van der Waals surface area (Å²) in [5, 5.41) is 9.05. The van der Waals surface area contributed by atoms with E-state index in [-0.39, 0.29) is 34.2 Å². The maximum Gasteiger partial charge on any atom is 0.263 e. The number of hydrogen-bond acceptors (Lipinski definition) is 6. The fourth-order valence-electron chi connectivity index (χ4n) is 3.89. The molecule has 0 saturated carbocycles. The molecule has 0 radical (unpaired) electrons. The lowest BCUT2D eigenvalue weighted by atomic mass is 9.99. The lowest BCUT2D eigenvalue weighted by Crippen LogP contribution is -2.33. The van der Waals surface area contributed by atoms with Gasteiger partial charge in [0, 0.05) is 31.7 Å². The Morgan fingerprint density at radius 3 is 2.50 bits per heavy atom. The van der Waals surface area contributed by atoms with Crippen molar-refractivity contribution in [1.29, 1.82) is 5.26 Å². The number of methoxy groups -OCH3 is 1. The van der Waals surface area contributed by atoms with Crippen LogP contribution in [0.4, 0.5) is 14.7 Å². The Balaban J connectivity index is 1.99. The average molecular weight is 437 g/mol. The van der Waals surface area contributed by atoms with Crippen molar-refractivity contribution in [3.63, 3.8) is 0 Å². The van der Waals surface area contributed by atoms with E-state index in [0.717, 1.165) is 12.5 Å². The van der Waals surface area contributed by atoms with Crippen molar-refractivity contribution in [1.82, 2.24) is 9.55 Å². The highest BCUT2D eigenvalue weighted by atomic mass is 19.1. The first-order valence-corrected chi connectivity index (χ1v) is 9.99. The molecule has 2 N–H and O–H groups in total. The van der Waals surface area contributed by atoms with Gasteiger partial charge in [-0.3, -0.25) is 9.36 Å². The Bertz CT molecular complexity index is 1300. The number of nitrogens with zero attached hydrogens (tertiary/aromatic N) is 4. The number of benzene rings is 2. The summed E-state index contributed by atoms with van der Waals surface area (Å²) in [6, 6.07) is 9.89. The van der Waals surface area contributed by atoms with Crippen molar-refractivity contribution < 1.29 is 13.5 Å². The number of rotatable bonds is 4. The van der Waals surface area contributed by atoms with Gasteiger partial charge in [-0.05, 0) is 36.2 Å². The van der Waals surface area contributed by atoms with E-state index < -0.39 is 17.2 Å². The fraction of sp³-hybridized carbons (Fsp3) is 0.261. The van der Waals surface area contributed by atoms with Gasteiger partial charge in [0.25, 0.3) is 5.56 Å². The molecule has 3 aromatic rings. The molecule has 2 heterocycles. The largest absolute Gasteiger partial charge is 0.494 e. The summed E-state index contributed by atoms with van der Waals surface area (Å²) < 4.78 is 35.2. The number of nitriles is 1. The van der Waals surface area contributed by atoms with E-state index in [4.69, 9.17) is 20.7 Å². The summed E-state index contributed by atoms with van der Waals surface area (Å²) in [6.07, 6.45) is 0.752. The molecular weight excluding hydrogens is 416 g/mol. The lowest BCUT2D eigenvalue weighted by molar-refractivity contribution is 0.386. The maximum atomic E-state index is 14.5. The molecule has 4 rings (SSSR count). The standard InChI is InChI=1S/C23H21F2N5O2/c1-29-22(31)20(13-5-6-19(32-2)18(25)9-13)21(14-3-4-15(11-26)17(24)10-14)28-23(29)30-8-7-16(27)12-30/h3-6,9-10,16H,7-8,12,27H2,1-2H3. The van der Waals surface area contributed by atoms with Crippen LogP contribution in [0.2, 0.25) is 0 Å². The summed E-state index contributed by atoms with van der Waals surface area (Å²) in [5.74, 6) is -0.949. The monoisotopic (exact) mass is 437 g/mol. The van der Waals surface area contributed by atoms with Gasteiger partial charge in [0.15, 0.2) is 11.6 Å². The molecule has 1 aliphatic rings. The van der Waals surface area contributed by atoms with Crippen LogP contribution < -0.4 is 20.9 Å². The summed E-state index contributed by atoms with van der Waals surface area (Å²) in [4.78, 5) is 20.1. The molecule has 0 bridgehead atoms. The van der Waals surface area contributed by atoms with E-state index >= 15 is 0 Å². The summed E-state index contributed by atoms with van der Waals surface area (Å²) in [5.41, 5.74) is 6.37. The van der Waals surface area contributed by atoms with Crippen molar-refractivity contribution in [3.05, 3.63) is 63.9 Å². The second-order valence-corrected chi connectivity index (χ2v) is 7.65. The fourth-order valence-corrected chi connectivity index (χ4v) is 3.89.